The van der Waals surface area contributed by atoms with Crippen molar-refractivity contribution < 1.29 is 8.23 Å². The number of hydrogen-bond donors (Lipinski definition) is 0. The Balaban J connectivity index is 4.28. The van der Waals surface area contributed by atoms with Gasteiger partial charge >= 0.3 is 0 Å². The van der Waals surface area contributed by atoms with E-state index in [0.29, 0.717) is 0 Å². The van der Waals surface area contributed by atoms with Crippen LogP contribution in [0.5, 0.6) is 0 Å². The summed E-state index contributed by atoms with van der Waals surface area (Å²) in [5.74, 6) is 0. The standard InChI is InChI=1S/C4H18O2Si4/c1-9(2,5-7)10(3,4)6-8/h1-4,7-8H3. The van der Waals surface area contributed by atoms with Gasteiger partial charge in [0.2, 0.25) is 0 Å². The molecule has 0 N–H and O–H groups in total. The average Bonchev–Trinajstić information content (AvgIpc) is 1.88. The topological polar surface area (TPSA) is 18.5 Å². The van der Waals surface area contributed by atoms with Crippen LogP contribution in [0.1, 0.15) is 0 Å². The van der Waals surface area contributed by atoms with Crippen LogP contribution in [0, 0.1) is 0 Å². The lowest BCUT2D eigenvalue weighted by molar-refractivity contribution is 0.582. The van der Waals surface area contributed by atoms with Crippen molar-refractivity contribution in [3.05, 3.63) is 0 Å². The third kappa shape index (κ3) is 2.14. The normalized spacial score (nSPS) is 14.4. The fourth-order valence-corrected chi connectivity index (χ4v) is 13.3. The quantitative estimate of drug-likeness (QED) is 0.561. The zero-order valence-electron chi connectivity index (χ0n) is 7.82. The van der Waals surface area contributed by atoms with Crippen LogP contribution in [-0.2, 0) is 8.23 Å². The van der Waals surface area contributed by atoms with Crippen molar-refractivity contribution in [2.45, 2.75) is 26.2 Å². The highest BCUT2D eigenvalue weighted by atomic mass is 29.3. The summed E-state index contributed by atoms with van der Waals surface area (Å²) in [4.78, 5) is 0. The molecule has 2 nitrogen and oxygen atoms in total. The SMILES string of the molecule is C[Si](C)(O[SiH3])[Si](C)(C)O[SiH3]. The zero-order valence-corrected chi connectivity index (χ0v) is 13.8. The fourth-order valence-electron chi connectivity index (χ4n) is 0.492. The Kier molecular flexibility index (Phi) is 3.73. The third-order valence-electron chi connectivity index (χ3n) is 2.47. The molecule has 0 atom stereocenters. The average molecular weight is 211 g/mol. The Morgan fingerprint density at radius 2 is 1.00 bits per heavy atom. The Bertz CT molecular complexity index is 99.8. The van der Waals surface area contributed by atoms with Crippen LogP contribution in [0.25, 0.3) is 0 Å². The highest BCUT2D eigenvalue weighted by Gasteiger charge is 2.42. The summed E-state index contributed by atoms with van der Waals surface area (Å²) in [6, 6.07) is 0. The molecule has 0 aliphatic rings. The van der Waals surface area contributed by atoms with Crippen molar-refractivity contribution in [3.8, 4) is 0 Å². The van der Waals surface area contributed by atoms with E-state index in [-0.39, 0.29) is 0 Å². The summed E-state index contributed by atoms with van der Waals surface area (Å²) in [6.07, 6.45) is 0. The lowest BCUT2D eigenvalue weighted by Crippen LogP contribution is -2.58. The molecule has 0 rings (SSSR count). The van der Waals surface area contributed by atoms with E-state index < -0.39 is 15.7 Å². The van der Waals surface area contributed by atoms with Gasteiger partial charge < -0.3 is 8.23 Å². The molecule has 0 unspecified atom stereocenters. The van der Waals surface area contributed by atoms with Gasteiger partial charge in [0.25, 0.3) is 0 Å². The Hall–Kier alpha value is 0.788. The molecule has 0 spiro atoms. The molecule has 0 saturated heterocycles. The van der Waals surface area contributed by atoms with E-state index in [2.05, 4.69) is 26.2 Å². The van der Waals surface area contributed by atoms with Crippen LogP contribution in [0.3, 0.4) is 0 Å². The molecule has 0 bridgehead atoms. The van der Waals surface area contributed by atoms with Crippen LogP contribution >= 0.6 is 0 Å². The summed E-state index contributed by atoms with van der Waals surface area (Å²) < 4.78 is 11.3. The van der Waals surface area contributed by atoms with E-state index in [1.54, 1.807) is 0 Å². The van der Waals surface area contributed by atoms with E-state index in [4.69, 9.17) is 8.23 Å². The van der Waals surface area contributed by atoms with E-state index in [9.17, 15) is 0 Å². The van der Waals surface area contributed by atoms with Gasteiger partial charge in [0.15, 0.2) is 15.7 Å². The molecule has 0 saturated carbocycles. The van der Waals surface area contributed by atoms with Crippen LogP contribution in [0.15, 0.2) is 0 Å². The van der Waals surface area contributed by atoms with Crippen molar-refractivity contribution in [1.29, 1.82) is 0 Å². The molecule has 0 aromatic carbocycles. The summed E-state index contributed by atoms with van der Waals surface area (Å²) in [6.45, 7) is 9.07. The van der Waals surface area contributed by atoms with Gasteiger partial charge in [-0.1, -0.05) is 0 Å². The van der Waals surface area contributed by atoms with Gasteiger partial charge in [0.1, 0.15) is 21.0 Å². The Labute approximate surface area is 71.4 Å². The van der Waals surface area contributed by atoms with Gasteiger partial charge in [-0.15, -0.1) is 0 Å². The summed E-state index contributed by atoms with van der Waals surface area (Å²) >= 11 is 0. The maximum Gasteiger partial charge on any atom is 0.190 e. The number of rotatable bonds is 3. The van der Waals surface area contributed by atoms with Crippen molar-refractivity contribution in [2.24, 2.45) is 0 Å². The second-order valence-electron chi connectivity index (χ2n) is 3.43. The monoisotopic (exact) mass is 210 g/mol. The predicted molar refractivity (Wildman–Crippen MR) is 57.0 cm³/mol. The first-order valence-electron chi connectivity index (χ1n) is 3.47. The minimum Gasteiger partial charge on any atom is -0.464 e. The Morgan fingerprint density at radius 3 is 1.10 bits per heavy atom. The maximum atomic E-state index is 5.63. The lowest BCUT2D eigenvalue weighted by Gasteiger charge is -2.35. The van der Waals surface area contributed by atoms with Gasteiger partial charge in [0.05, 0.1) is 0 Å². The molecule has 0 aliphatic carbocycles. The van der Waals surface area contributed by atoms with Crippen molar-refractivity contribution in [2.75, 3.05) is 0 Å². The molecule has 0 aromatic heterocycles. The second-order valence-corrected chi connectivity index (χ2v) is 20.0. The molecule has 0 aromatic rings. The van der Waals surface area contributed by atoms with Gasteiger partial charge in [-0.05, 0) is 26.2 Å². The van der Waals surface area contributed by atoms with E-state index >= 15 is 0 Å². The number of hydrogen-bond acceptors (Lipinski definition) is 2. The van der Waals surface area contributed by atoms with Gasteiger partial charge in [0, 0.05) is 0 Å². The highest BCUT2D eigenvalue weighted by Crippen LogP contribution is 2.18. The maximum absolute atomic E-state index is 5.63. The predicted octanol–water partition coefficient (Wildman–Crippen LogP) is -0.931. The molecule has 0 aliphatic heterocycles. The Morgan fingerprint density at radius 1 is 0.800 bits per heavy atom. The molecule has 10 heavy (non-hydrogen) atoms. The molecule has 0 radical (unpaired) electrons. The molecular weight excluding hydrogens is 192 g/mol. The van der Waals surface area contributed by atoms with E-state index in [0.717, 1.165) is 21.0 Å². The van der Waals surface area contributed by atoms with E-state index in [1.165, 1.54) is 0 Å². The molecule has 0 amide bonds. The lowest BCUT2D eigenvalue weighted by atomic mass is 11.9. The first kappa shape index (κ1) is 10.8. The minimum absolute atomic E-state index is 0.865. The van der Waals surface area contributed by atoms with Crippen LogP contribution in [0.2, 0.25) is 26.2 Å². The fraction of sp³-hybridized carbons (Fsp3) is 1.00. The summed E-state index contributed by atoms with van der Waals surface area (Å²) in [5.41, 5.74) is 0. The zero-order chi connectivity index (χ0) is 8.41. The van der Waals surface area contributed by atoms with Crippen molar-refractivity contribution in [1.82, 2.24) is 0 Å². The van der Waals surface area contributed by atoms with Gasteiger partial charge in [-0.25, -0.2) is 0 Å². The first-order chi connectivity index (χ1) is 4.37. The summed E-state index contributed by atoms with van der Waals surface area (Å²) in [7, 11) is -1.05. The van der Waals surface area contributed by atoms with Gasteiger partial charge in [-0.2, -0.15) is 0 Å². The van der Waals surface area contributed by atoms with Crippen molar-refractivity contribution in [3.63, 3.8) is 0 Å². The second kappa shape index (κ2) is 3.46. The van der Waals surface area contributed by atoms with Crippen LogP contribution in [-0.4, -0.2) is 36.6 Å². The van der Waals surface area contributed by atoms with Crippen LogP contribution in [0.4, 0.5) is 0 Å². The third-order valence-corrected chi connectivity index (χ3v) is 25.9. The molecule has 0 fully saturated rings. The smallest absolute Gasteiger partial charge is 0.190 e. The summed E-state index contributed by atoms with van der Waals surface area (Å²) in [5, 5.41) is 0. The molecular formula is C4H18O2Si4. The van der Waals surface area contributed by atoms with Crippen LogP contribution < -0.4 is 0 Å². The van der Waals surface area contributed by atoms with Gasteiger partial charge in [-0.3, -0.25) is 0 Å². The minimum atomic E-state index is -1.39. The molecule has 0 heterocycles. The highest BCUT2D eigenvalue weighted by molar-refractivity contribution is 7.36. The van der Waals surface area contributed by atoms with Crippen molar-refractivity contribution >= 4 is 36.6 Å². The largest absolute Gasteiger partial charge is 0.464 e. The molecule has 6 heteroatoms. The van der Waals surface area contributed by atoms with E-state index in [1.807, 2.05) is 0 Å². The first-order valence-corrected chi connectivity index (χ1v) is 11.9. The molecule has 62 valence electrons.